The van der Waals surface area contributed by atoms with Crippen molar-refractivity contribution in [3.8, 4) is 11.1 Å². The van der Waals surface area contributed by atoms with Crippen LogP contribution < -0.4 is 5.32 Å². The molecule has 4 rings (SSSR count). The lowest BCUT2D eigenvalue weighted by Gasteiger charge is -2.14. The van der Waals surface area contributed by atoms with Gasteiger partial charge in [0.1, 0.15) is 0 Å². The van der Waals surface area contributed by atoms with Crippen molar-refractivity contribution < 1.29 is 0 Å². The van der Waals surface area contributed by atoms with E-state index in [0.717, 1.165) is 29.9 Å². The van der Waals surface area contributed by atoms with Crippen LogP contribution in [0.25, 0.3) is 16.8 Å². The molecule has 1 atom stereocenters. The number of tetrazole rings is 1. The Hall–Kier alpha value is -3.05. The van der Waals surface area contributed by atoms with Crippen LogP contribution in [0.1, 0.15) is 29.5 Å². The van der Waals surface area contributed by atoms with Crippen molar-refractivity contribution >= 4 is 5.65 Å². The molecule has 0 saturated heterocycles. The number of nitrogens with zero attached hydrogens (tertiary/aromatic N) is 4. The number of rotatable bonds is 6. The van der Waals surface area contributed by atoms with Gasteiger partial charge in [-0.3, -0.25) is 0 Å². The summed E-state index contributed by atoms with van der Waals surface area (Å²) >= 11 is 0. The number of hydrogen-bond donors (Lipinski definition) is 1. The van der Waals surface area contributed by atoms with E-state index in [-0.39, 0.29) is 0 Å². The third-order valence-electron chi connectivity index (χ3n) is 4.86. The third kappa shape index (κ3) is 3.88. The molecule has 0 saturated carbocycles. The number of nitrogens with one attached hydrogen (secondary N) is 1. The van der Waals surface area contributed by atoms with E-state index >= 15 is 0 Å². The third-order valence-corrected chi connectivity index (χ3v) is 4.86. The molecule has 2 aromatic carbocycles. The fourth-order valence-corrected chi connectivity index (χ4v) is 3.35. The lowest BCUT2D eigenvalue weighted by molar-refractivity contribution is 0.615. The zero-order valence-corrected chi connectivity index (χ0v) is 15.6. The summed E-state index contributed by atoms with van der Waals surface area (Å²) in [7, 11) is 0. The second-order valence-corrected chi connectivity index (χ2v) is 7.01. The van der Waals surface area contributed by atoms with Gasteiger partial charge < -0.3 is 5.32 Å². The van der Waals surface area contributed by atoms with Gasteiger partial charge in [-0.2, -0.15) is 4.52 Å². The predicted octanol–water partition coefficient (Wildman–Crippen LogP) is 3.99. The number of hydrogen-bond acceptors (Lipinski definition) is 4. The van der Waals surface area contributed by atoms with Gasteiger partial charge in [-0.05, 0) is 40.5 Å². The molecule has 0 aliphatic heterocycles. The number of fused-ring (bicyclic) bond motifs is 1. The van der Waals surface area contributed by atoms with Crippen molar-refractivity contribution in [2.24, 2.45) is 0 Å². The van der Waals surface area contributed by atoms with Crippen molar-refractivity contribution in [3.05, 3.63) is 83.6 Å². The molecule has 0 amide bonds. The van der Waals surface area contributed by atoms with Gasteiger partial charge in [-0.1, -0.05) is 67.1 Å². The Morgan fingerprint density at radius 3 is 2.67 bits per heavy atom. The second-order valence-electron chi connectivity index (χ2n) is 7.01. The molecular formula is C22H23N5. The molecule has 5 heteroatoms. The Morgan fingerprint density at radius 2 is 1.85 bits per heavy atom. The van der Waals surface area contributed by atoms with Crippen LogP contribution >= 0.6 is 0 Å². The zero-order chi connectivity index (χ0) is 18.6. The Kier molecular flexibility index (Phi) is 4.94. The topological polar surface area (TPSA) is 55.1 Å². The summed E-state index contributed by atoms with van der Waals surface area (Å²) in [6.45, 7) is 5.96. The maximum Gasteiger partial charge on any atom is 0.183 e. The van der Waals surface area contributed by atoms with Crippen molar-refractivity contribution in [2.75, 3.05) is 6.54 Å². The van der Waals surface area contributed by atoms with Crippen molar-refractivity contribution in [2.45, 2.75) is 26.3 Å². The minimum atomic E-state index is 0.443. The van der Waals surface area contributed by atoms with Crippen molar-refractivity contribution in [1.29, 1.82) is 0 Å². The van der Waals surface area contributed by atoms with Crippen LogP contribution in [-0.4, -0.2) is 26.6 Å². The molecule has 2 heterocycles. The molecule has 0 fully saturated rings. The van der Waals surface area contributed by atoms with Gasteiger partial charge in [0.15, 0.2) is 5.65 Å². The average Bonchev–Trinajstić information content (AvgIpc) is 3.17. The van der Waals surface area contributed by atoms with Crippen LogP contribution in [0.4, 0.5) is 0 Å². The Balaban J connectivity index is 1.55. The number of pyridine rings is 1. The molecule has 0 spiro atoms. The first-order valence-corrected chi connectivity index (χ1v) is 9.24. The molecule has 0 bridgehead atoms. The highest BCUT2D eigenvalue weighted by Gasteiger charge is 2.10. The fourth-order valence-electron chi connectivity index (χ4n) is 3.35. The van der Waals surface area contributed by atoms with Gasteiger partial charge in [-0.15, -0.1) is 5.10 Å². The summed E-state index contributed by atoms with van der Waals surface area (Å²) in [5.74, 6) is 0.443. The van der Waals surface area contributed by atoms with E-state index in [1.165, 1.54) is 16.7 Å². The maximum absolute atomic E-state index is 4.19. The smallest absolute Gasteiger partial charge is 0.183 e. The molecule has 0 aliphatic carbocycles. The normalized spacial score (nSPS) is 12.4. The predicted molar refractivity (Wildman–Crippen MR) is 108 cm³/mol. The summed E-state index contributed by atoms with van der Waals surface area (Å²) in [6.07, 6.45) is 1.99. The Morgan fingerprint density at radius 1 is 1.00 bits per heavy atom. The Labute approximate surface area is 159 Å². The summed E-state index contributed by atoms with van der Waals surface area (Å²) in [4.78, 5) is 0. The average molecular weight is 357 g/mol. The van der Waals surface area contributed by atoms with Gasteiger partial charge in [0.25, 0.3) is 0 Å². The van der Waals surface area contributed by atoms with E-state index in [9.17, 15) is 0 Å². The van der Waals surface area contributed by atoms with E-state index in [1.807, 2.05) is 6.20 Å². The van der Waals surface area contributed by atoms with Crippen LogP contribution in [0.5, 0.6) is 0 Å². The van der Waals surface area contributed by atoms with Gasteiger partial charge in [0.05, 0.1) is 0 Å². The first-order valence-electron chi connectivity index (χ1n) is 9.24. The highest BCUT2D eigenvalue weighted by molar-refractivity contribution is 5.67. The first-order chi connectivity index (χ1) is 13.2. The molecule has 1 N–H and O–H groups in total. The maximum atomic E-state index is 4.19. The summed E-state index contributed by atoms with van der Waals surface area (Å²) < 4.78 is 1.76. The van der Waals surface area contributed by atoms with Gasteiger partial charge in [0, 0.05) is 30.4 Å². The number of aryl methyl sites for hydroxylation is 1. The van der Waals surface area contributed by atoms with E-state index in [0.29, 0.717) is 5.92 Å². The van der Waals surface area contributed by atoms with Crippen molar-refractivity contribution in [1.82, 2.24) is 25.4 Å². The lowest BCUT2D eigenvalue weighted by Crippen LogP contribution is -2.20. The van der Waals surface area contributed by atoms with Crippen LogP contribution in [-0.2, 0) is 6.54 Å². The van der Waals surface area contributed by atoms with Gasteiger partial charge >= 0.3 is 0 Å². The minimum absolute atomic E-state index is 0.443. The number of aromatic nitrogens is 4. The van der Waals surface area contributed by atoms with E-state index in [2.05, 4.69) is 95.4 Å². The van der Waals surface area contributed by atoms with Gasteiger partial charge in [0.2, 0.25) is 0 Å². The van der Waals surface area contributed by atoms with Crippen LogP contribution in [0.3, 0.4) is 0 Å². The van der Waals surface area contributed by atoms with Gasteiger partial charge in [-0.25, -0.2) is 0 Å². The van der Waals surface area contributed by atoms with Crippen LogP contribution in [0.15, 0.2) is 66.9 Å². The molecule has 136 valence electrons. The molecule has 5 nitrogen and oxygen atoms in total. The van der Waals surface area contributed by atoms with E-state index in [1.54, 1.807) is 4.52 Å². The highest BCUT2D eigenvalue weighted by atomic mass is 15.5. The SMILES string of the molecule is Cc1cccc(-c2cc(CNCC(C)c3ccccc3)c3nnnn3c2)c1. The van der Waals surface area contributed by atoms with Crippen LogP contribution in [0.2, 0.25) is 0 Å². The van der Waals surface area contributed by atoms with E-state index in [4.69, 9.17) is 0 Å². The Bertz CT molecular complexity index is 1040. The standard InChI is InChI=1S/C22H23N5/c1-16-7-6-10-19(11-16)21-12-20(22-24-25-26-27(22)15-21)14-23-13-17(2)18-8-4-3-5-9-18/h3-12,15,17,23H,13-14H2,1-2H3. The summed E-state index contributed by atoms with van der Waals surface area (Å²) in [5.41, 5.74) is 6.76. The molecule has 1 unspecified atom stereocenters. The highest BCUT2D eigenvalue weighted by Crippen LogP contribution is 2.23. The van der Waals surface area contributed by atoms with Crippen LogP contribution in [0, 0.1) is 6.92 Å². The molecule has 0 aliphatic rings. The summed E-state index contributed by atoms with van der Waals surface area (Å²) in [5, 5.41) is 15.7. The molecule has 27 heavy (non-hydrogen) atoms. The second kappa shape index (κ2) is 7.68. The van der Waals surface area contributed by atoms with Crippen molar-refractivity contribution in [3.63, 3.8) is 0 Å². The lowest BCUT2D eigenvalue weighted by atomic mass is 10.0. The zero-order valence-electron chi connectivity index (χ0n) is 15.6. The quantitative estimate of drug-likeness (QED) is 0.567. The minimum Gasteiger partial charge on any atom is -0.312 e. The largest absolute Gasteiger partial charge is 0.312 e. The fraction of sp³-hybridized carbons (Fsp3) is 0.227. The monoisotopic (exact) mass is 357 g/mol. The first kappa shape index (κ1) is 17.4. The number of benzene rings is 2. The summed E-state index contributed by atoms with van der Waals surface area (Å²) in [6, 6.07) is 21.2. The van der Waals surface area contributed by atoms with E-state index < -0.39 is 0 Å². The molecular weight excluding hydrogens is 334 g/mol. The molecule has 0 radical (unpaired) electrons. The molecule has 2 aromatic heterocycles. The molecule has 4 aromatic rings.